The molecule has 3 heterocycles. The van der Waals surface area contributed by atoms with Crippen LogP contribution >= 0.6 is 0 Å². The molecule has 1 spiro atoms. The summed E-state index contributed by atoms with van der Waals surface area (Å²) in [5, 5.41) is 0. The topological polar surface area (TPSA) is 75.7 Å². The molecule has 0 bridgehead atoms. The Kier molecular flexibility index (Phi) is 4.56. The Bertz CT molecular complexity index is 856. The van der Waals surface area contributed by atoms with Crippen LogP contribution in [0.4, 0.5) is 4.79 Å². The number of ether oxygens (including phenoxy) is 6. The van der Waals surface area contributed by atoms with E-state index in [-0.39, 0.29) is 24.8 Å². The third-order valence-electron chi connectivity index (χ3n) is 6.35. The molecule has 5 rings (SSSR count). The standard InChI is InChI=1S/C22H29NO7/c1-21(2,3)30-20(24)23-11-15-14(9-17-19(18(15)25-4)27-12-26-17)13-5-6-22(10-16(13)23)28-7-8-29-22/h9,13,16H,5-8,10-12H2,1-4H3/t13-,16+/m1/s1. The van der Waals surface area contributed by atoms with Gasteiger partial charge >= 0.3 is 6.09 Å². The van der Waals surface area contributed by atoms with Crippen molar-refractivity contribution in [1.82, 2.24) is 4.90 Å². The lowest BCUT2D eigenvalue weighted by atomic mass is 9.72. The first kappa shape index (κ1) is 19.8. The Morgan fingerprint density at radius 2 is 2.00 bits per heavy atom. The number of carbonyl (C=O) groups is 1. The van der Waals surface area contributed by atoms with Crippen LogP contribution in [0.15, 0.2) is 6.07 Å². The fraction of sp³-hybridized carbons (Fsp3) is 0.682. The lowest BCUT2D eigenvalue weighted by molar-refractivity contribution is -0.192. The Morgan fingerprint density at radius 1 is 1.23 bits per heavy atom. The van der Waals surface area contributed by atoms with Crippen LogP contribution in [0, 0.1) is 0 Å². The summed E-state index contributed by atoms with van der Waals surface area (Å²) in [5.41, 5.74) is 1.52. The summed E-state index contributed by atoms with van der Waals surface area (Å²) >= 11 is 0. The van der Waals surface area contributed by atoms with Gasteiger partial charge in [-0.15, -0.1) is 0 Å². The van der Waals surface area contributed by atoms with E-state index in [2.05, 4.69) is 6.07 Å². The fourth-order valence-corrected chi connectivity index (χ4v) is 5.17. The number of rotatable bonds is 1. The molecule has 2 fully saturated rings. The van der Waals surface area contributed by atoms with Crippen molar-refractivity contribution in [1.29, 1.82) is 0 Å². The Balaban J connectivity index is 1.57. The van der Waals surface area contributed by atoms with Gasteiger partial charge in [-0.2, -0.15) is 0 Å². The molecule has 30 heavy (non-hydrogen) atoms. The average Bonchev–Trinajstić information content (AvgIpc) is 3.33. The van der Waals surface area contributed by atoms with Gasteiger partial charge in [0.2, 0.25) is 12.5 Å². The molecule has 1 aromatic rings. The van der Waals surface area contributed by atoms with E-state index in [0.29, 0.717) is 43.4 Å². The number of nitrogens with zero attached hydrogens (tertiary/aromatic N) is 1. The van der Waals surface area contributed by atoms with Gasteiger partial charge in [-0.05, 0) is 38.8 Å². The maximum absolute atomic E-state index is 13.2. The van der Waals surface area contributed by atoms with Crippen LogP contribution in [0.2, 0.25) is 0 Å². The highest BCUT2D eigenvalue weighted by molar-refractivity contribution is 5.71. The maximum atomic E-state index is 13.2. The molecule has 3 aliphatic heterocycles. The van der Waals surface area contributed by atoms with E-state index in [1.165, 1.54) is 0 Å². The lowest BCUT2D eigenvalue weighted by Crippen LogP contribution is -2.54. The van der Waals surface area contributed by atoms with Crippen molar-refractivity contribution in [3.63, 3.8) is 0 Å². The zero-order valence-corrected chi connectivity index (χ0v) is 18.0. The molecule has 1 amide bonds. The van der Waals surface area contributed by atoms with Crippen molar-refractivity contribution in [3.05, 3.63) is 17.2 Å². The third-order valence-corrected chi connectivity index (χ3v) is 6.35. The van der Waals surface area contributed by atoms with E-state index >= 15 is 0 Å². The zero-order chi connectivity index (χ0) is 21.1. The van der Waals surface area contributed by atoms with Gasteiger partial charge in [-0.1, -0.05) is 0 Å². The second-order valence-electron chi connectivity index (χ2n) is 9.34. The number of carbonyl (C=O) groups excluding carboxylic acids is 1. The van der Waals surface area contributed by atoms with Crippen molar-refractivity contribution in [3.8, 4) is 17.2 Å². The molecule has 164 valence electrons. The summed E-state index contributed by atoms with van der Waals surface area (Å²) in [6.07, 6.45) is 1.90. The predicted molar refractivity (Wildman–Crippen MR) is 106 cm³/mol. The first-order valence-corrected chi connectivity index (χ1v) is 10.6. The monoisotopic (exact) mass is 419 g/mol. The van der Waals surface area contributed by atoms with E-state index in [0.717, 1.165) is 24.0 Å². The first-order valence-electron chi connectivity index (χ1n) is 10.6. The van der Waals surface area contributed by atoms with Crippen LogP contribution in [-0.4, -0.2) is 55.5 Å². The maximum Gasteiger partial charge on any atom is 0.410 e. The van der Waals surface area contributed by atoms with E-state index in [4.69, 9.17) is 28.4 Å². The highest BCUT2D eigenvalue weighted by atomic mass is 16.7. The molecule has 8 nitrogen and oxygen atoms in total. The van der Waals surface area contributed by atoms with E-state index < -0.39 is 11.4 Å². The summed E-state index contributed by atoms with van der Waals surface area (Å²) in [6, 6.07) is 1.96. The largest absolute Gasteiger partial charge is 0.492 e. The summed E-state index contributed by atoms with van der Waals surface area (Å²) in [4.78, 5) is 15.1. The summed E-state index contributed by atoms with van der Waals surface area (Å²) < 4.78 is 34.8. The number of amides is 1. The van der Waals surface area contributed by atoms with Crippen LogP contribution in [0.1, 0.15) is 57.1 Å². The van der Waals surface area contributed by atoms with Gasteiger partial charge in [-0.3, -0.25) is 4.90 Å². The first-order chi connectivity index (χ1) is 14.3. The van der Waals surface area contributed by atoms with Crippen molar-refractivity contribution < 1.29 is 33.2 Å². The van der Waals surface area contributed by atoms with Crippen molar-refractivity contribution in [2.45, 2.75) is 69.9 Å². The van der Waals surface area contributed by atoms with Gasteiger partial charge < -0.3 is 28.4 Å². The Hall–Kier alpha value is -2.19. The normalized spacial score (nSPS) is 26.3. The van der Waals surface area contributed by atoms with Crippen LogP contribution in [0.25, 0.3) is 0 Å². The van der Waals surface area contributed by atoms with E-state index in [9.17, 15) is 4.79 Å². The van der Waals surface area contributed by atoms with Crippen molar-refractivity contribution in [2.24, 2.45) is 0 Å². The molecule has 0 aromatic heterocycles. The second-order valence-corrected chi connectivity index (χ2v) is 9.34. The summed E-state index contributed by atoms with van der Waals surface area (Å²) in [7, 11) is 1.62. The molecule has 8 heteroatoms. The molecule has 2 atom stereocenters. The highest BCUT2D eigenvalue weighted by Gasteiger charge is 2.52. The number of hydrogen-bond donors (Lipinski definition) is 0. The van der Waals surface area contributed by atoms with Crippen LogP contribution in [0.5, 0.6) is 17.2 Å². The third kappa shape index (κ3) is 3.17. The van der Waals surface area contributed by atoms with Gasteiger partial charge in [0, 0.05) is 30.4 Å². The summed E-state index contributed by atoms with van der Waals surface area (Å²) in [5.74, 6) is 1.44. The Labute approximate surface area is 176 Å². The molecular weight excluding hydrogens is 390 g/mol. The zero-order valence-electron chi connectivity index (χ0n) is 18.0. The van der Waals surface area contributed by atoms with Gasteiger partial charge in [0.05, 0.1) is 26.9 Å². The molecule has 1 saturated carbocycles. The number of fused-ring (bicyclic) bond motifs is 4. The molecule has 4 aliphatic rings. The predicted octanol–water partition coefficient (Wildman–Crippen LogP) is 3.55. The van der Waals surface area contributed by atoms with Gasteiger partial charge in [-0.25, -0.2) is 4.79 Å². The SMILES string of the molecule is COc1c2c(cc3c1OCO3)[C@H]1CCC3(C[C@@H]1N(C(=O)OC(C)(C)C)C2)OCCO3. The highest BCUT2D eigenvalue weighted by Crippen LogP contribution is 2.54. The minimum Gasteiger partial charge on any atom is -0.492 e. The van der Waals surface area contributed by atoms with E-state index in [1.54, 1.807) is 7.11 Å². The molecule has 1 saturated heterocycles. The van der Waals surface area contributed by atoms with Crippen LogP contribution in [-0.2, 0) is 20.8 Å². The minimum absolute atomic E-state index is 0.0933. The molecule has 1 aliphatic carbocycles. The molecule has 0 radical (unpaired) electrons. The molecule has 1 aromatic carbocycles. The lowest BCUT2D eigenvalue weighted by Gasteiger charge is -2.49. The van der Waals surface area contributed by atoms with Gasteiger partial charge in [0.25, 0.3) is 0 Å². The fourth-order valence-electron chi connectivity index (χ4n) is 5.17. The van der Waals surface area contributed by atoms with Crippen molar-refractivity contribution >= 4 is 6.09 Å². The van der Waals surface area contributed by atoms with Gasteiger partial charge in [0.15, 0.2) is 17.3 Å². The second kappa shape index (κ2) is 6.92. The molecular formula is C22H29NO7. The van der Waals surface area contributed by atoms with Gasteiger partial charge in [0.1, 0.15) is 5.60 Å². The quantitative estimate of drug-likeness (QED) is 0.689. The minimum atomic E-state index is -0.612. The number of benzene rings is 1. The van der Waals surface area contributed by atoms with Crippen molar-refractivity contribution in [2.75, 3.05) is 27.1 Å². The van der Waals surface area contributed by atoms with Crippen LogP contribution in [0.3, 0.4) is 0 Å². The van der Waals surface area contributed by atoms with E-state index in [1.807, 2.05) is 25.7 Å². The Morgan fingerprint density at radius 3 is 2.70 bits per heavy atom. The molecule has 0 N–H and O–H groups in total. The number of hydrogen-bond acceptors (Lipinski definition) is 7. The summed E-state index contributed by atoms with van der Waals surface area (Å²) in [6.45, 7) is 7.36. The molecule has 0 unspecified atom stereocenters. The van der Waals surface area contributed by atoms with Crippen LogP contribution < -0.4 is 14.2 Å². The average molecular weight is 419 g/mol. The number of methoxy groups -OCH3 is 1. The smallest absolute Gasteiger partial charge is 0.410 e.